The van der Waals surface area contributed by atoms with E-state index in [4.69, 9.17) is 0 Å². The molecular formula is C24H29NO. The van der Waals surface area contributed by atoms with Gasteiger partial charge in [0, 0.05) is 22.9 Å². The first-order valence-electron chi connectivity index (χ1n) is 9.85. The van der Waals surface area contributed by atoms with Gasteiger partial charge in [-0.3, -0.25) is 4.79 Å². The smallest absolute Gasteiger partial charge is 0.190 e. The summed E-state index contributed by atoms with van der Waals surface area (Å²) >= 11 is 0. The van der Waals surface area contributed by atoms with Gasteiger partial charge in [0.15, 0.2) is 5.78 Å². The molecule has 0 spiro atoms. The van der Waals surface area contributed by atoms with Crippen LogP contribution in [0.5, 0.6) is 0 Å². The number of benzene rings is 2. The summed E-state index contributed by atoms with van der Waals surface area (Å²) < 4.78 is 0. The lowest BCUT2D eigenvalue weighted by molar-refractivity contribution is 0.103. The molecule has 0 amide bonds. The van der Waals surface area contributed by atoms with E-state index in [0.717, 1.165) is 30.4 Å². The monoisotopic (exact) mass is 347 g/mol. The van der Waals surface area contributed by atoms with Crippen LogP contribution in [0.2, 0.25) is 0 Å². The van der Waals surface area contributed by atoms with Crippen molar-refractivity contribution in [3.63, 3.8) is 0 Å². The van der Waals surface area contributed by atoms with E-state index in [1.165, 1.54) is 24.1 Å². The van der Waals surface area contributed by atoms with Gasteiger partial charge < -0.3 is 5.32 Å². The fourth-order valence-corrected chi connectivity index (χ4v) is 3.85. The molecule has 136 valence electrons. The third-order valence-corrected chi connectivity index (χ3v) is 5.36. The van der Waals surface area contributed by atoms with Crippen molar-refractivity contribution in [2.45, 2.75) is 52.0 Å². The van der Waals surface area contributed by atoms with Gasteiger partial charge in [-0.2, -0.15) is 0 Å². The maximum absolute atomic E-state index is 13.1. The van der Waals surface area contributed by atoms with E-state index in [2.05, 4.69) is 43.4 Å². The molecule has 26 heavy (non-hydrogen) atoms. The average Bonchev–Trinajstić information content (AvgIpc) is 3.09. The van der Waals surface area contributed by atoms with Crippen molar-refractivity contribution in [2.75, 3.05) is 0 Å². The van der Waals surface area contributed by atoms with Crippen LogP contribution in [0.1, 0.15) is 67.9 Å². The first-order valence-corrected chi connectivity index (χ1v) is 9.85. The summed E-state index contributed by atoms with van der Waals surface area (Å²) in [6.45, 7) is 4.41. The van der Waals surface area contributed by atoms with E-state index in [-0.39, 0.29) is 11.8 Å². The Bertz CT molecular complexity index is 748. The highest BCUT2D eigenvalue weighted by Crippen LogP contribution is 2.36. The highest BCUT2D eigenvalue weighted by molar-refractivity contribution is 6.09. The Morgan fingerprint density at radius 3 is 2.38 bits per heavy atom. The first kappa shape index (κ1) is 18.4. The van der Waals surface area contributed by atoms with Gasteiger partial charge in [-0.15, -0.1) is 0 Å². The Morgan fingerprint density at radius 1 is 1.08 bits per heavy atom. The summed E-state index contributed by atoms with van der Waals surface area (Å²) in [6.07, 6.45) is 5.53. The Kier molecular flexibility index (Phi) is 6.27. The van der Waals surface area contributed by atoms with Gasteiger partial charge in [0.1, 0.15) is 0 Å². The van der Waals surface area contributed by atoms with Crippen LogP contribution in [0.3, 0.4) is 0 Å². The zero-order chi connectivity index (χ0) is 18.4. The molecule has 1 aliphatic carbocycles. The standard InChI is InChI=1S/C24H29NO/c1-3-4-11-20-16-17-22(24(26)21-14-9-6-10-15-21)23(20)25-18(2)19-12-7-5-8-13-19/h5-10,12-15,18,20,25H,3-4,11,16-17H2,1-2H3/t18-,20+/m1/s1. The predicted octanol–water partition coefficient (Wildman–Crippen LogP) is 6.07. The molecule has 3 rings (SSSR count). The van der Waals surface area contributed by atoms with Crippen molar-refractivity contribution in [1.82, 2.24) is 5.32 Å². The number of ketones is 1. The minimum atomic E-state index is 0.187. The molecule has 1 N–H and O–H groups in total. The lowest BCUT2D eigenvalue weighted by atomic mass is 9.97. The number of carbonyl (C=O) groups excluding carboxylic acids is 1. The molecule has 2 atom stereocenters. The molecule has 2 heteroatoms. The molecule has 1 aliphatic rings. The van der Waals surface area contributed by atoms with Crippen molar-refractivity contribution < 1.29 is 4.79 Å². The second-order valence-electron chi connectivity index (χ2n) is 7.24. The van der Waals surface area contributed by atoms with Crippen LogP contribution in [-0.4, -0.2) is 5.78 Å². The van der Waals surface area contributed by atoms with Crippen LogP contribution >= 0.6 is 0 Å². The Hall–Kier alpha value is -2.35. The fourth-order valence-electron chi connectivity index (χ4n) is 3.85. The maximum Gasteiger partial charge on any atom is 0.190 e. The molecule has 2 nitrogen and oxygen atoms in total. The predicted molar refractivity (Wildman–Crippen MR) is 108 cm³/mol. The summed E-state index contributed by atoms with van der Waals surface area (Å²) in [5, 5.41) is 3.71. The molecule has 0 heterocycles. The lowest BCUT2D eigenvalue weighted by Gasteiger charge is -2.23. The zero-order valence-corrected chi connectivity index (χ0v) is 15.9. The number of unbranched alkanes of at least 4 members (excludes halogenated alkanes) is 1. The topological polar surface area (TPSA) is 29.1 Å². The van der Waals surface area contributed by atoms with Crippen molar-refractivity contribution >= 4 is 5.78 Å². The molecule has 0 saturated carbocycles. The van der Waals surface area contributed by atoms with Crippen molar-refractivity contribution in [3.05, 3.63) is 83.1 Å². The Morgan fingerprint density at radius 2 is 1.73 bits per heavy atom. The minimum absolute atomic E-state index is 0.187. The molecule has 0 bridgehead atoms. The molecule has 0 unspecified atom stereocenters. The van der Waals surface area contributed by atoms with Gasteiger partial charge in [-0.1, -0.05) is 80.4 Å². The van der Waals surface area contributed by atoms with E-state index in [0.29, 0.717) is 5.92 Å². The van der Waals surface area contributed by atoms with Crippen LogP contribution in [0.4, 0.5) is 0 Å². The SMILES string of the molecule is CCCC[C@H]1CCC(C(=O)c2ccccc2)=C1N[C@H](C)c1ccccc1. The number of carbonyl (C=O) groups is 1. The molecule has 0 aromatic heterocycles. The average molecular weight is 348 g/mol. The molecule has 0 saturated heterocycles. The quantitative estimate of drug-likeness (QED) is 0.587. The fraction of sp³-hybridized carbons (Fsp3) is 0.375. The molecular weight excluding hydrogens is 318 g/mol. The summed E-state index contributed by atoms with van der Waals surface area (Å²) in [4.78, 5) is 13.1. The van der Waals surface area contributed by atoms with Gasteiger partial charge in [0.25, 0.3) is 0 Å². The minimum Gasteiger partial charge on any atom is -0.381 e. The van der Waals surface area contributed by atoms with Crippen LogP contribution in [0.15, 0.2) is 71.9 Å². The van der Waals surface area contributed by atoms with Gasteiger partial charge >= 0.3 is 0 Å². The van der Waals surface area contributed by atoms with Crippen LogP contribution < -0.4 is 5.32 Å². The molecule has 0 radical (unpaired) electrons. The number of allylic oxidation sites excluding steroid dienone is 2. The van der Waals surface area contributed by atoms with Crippen molar-refractivity contribution in [2.24, 2.45) is 5.92 Å². The third-order valence-electron chi connectivity index (χ3n) is 5.36. The van der Waals surface area contributed by atoms with E-state index < -0.39 is 0 Å². The van der Waals surface area contributed by atoms with E-state index in [9.17, 15) is 4.79 Å². The summed E-state index contributed by atoms with van der Waals surface area (Å²) in [5.74, 6) is 0.663. The number of nitrogens with one attached hydrogen (secondary N) is 1. The highest BCUT2D eigenvalue weighted by Gasteiger charge is 2.30. The number of hydrogen-bond donors (Lipinski definition) is 1. The van der Waals surface area contributed by atoms with Gasteiger partial charge in [-0.25, -0.2) is 0 Å². The number of Topliss-reactive ketones (excluding diaryl/α,β-unsaturated/α-hetero) is 1. The van der Waals surface area contributed by atoms with Gasteiger partial charge in [-0.05, 0) is 37.7 Å². The van der Waals surface area contributed by atoms with Gasteiger partial charge in [0.05, 0.1) is 0 Å². The molecule has 0 aliphatic heterocycles. The van der Waals surface area contributed by atoms with E-state index >= 15 is 0 Å². The second kappa shape index (κ2) is 8.84. The summed E-state index contributed by atoms with van der Waals surface area (Å²) in [5.41, 5.74) is 4.22. The van der Waals surface area contributed by atoms with Crippen molar-refractivity contribution in [3.8, 4) is 0 Å². The molecule has 2 aromatic carbocycles. The first-order chi connectivity index (χ1) is 12.7. The van der Waals surface area contributed by atoms with Crippen LogP contribution in [-0.2, 0) is 0 Å². The Labute approximate surface area is 157 Å². The van der Waals surface area contributed by atoms with Crippen LogP contribution in [0.25, 0.3) is 0 Å². The molecule has 0 fully saturated rings. The lowest BCUT2D eigenvalue weighted by Crippen LogP contribution is -2.24. The third kappa shape index (κ3) is 4.24. The van der Waals surface area contributed by atoms with Gasteiger partial charge in [0.2, 0.25) is 0 Å². The van der Waals surface area contributed by atoms with Crippen LogP contribution in [0, 0.1) is 5.92 Å². The largest absolute Gasteiger partial charge is 0.381 e. The Balaban J connectivity index is 1.88. The molecule has 2 aromatic rings. The van der Waals surface area contributed by atoms with E-state index in [1.807, 2.05) is 36.4 Å². The highest BCUT2D eigenvalue weighted by atomic mass is 16.1. The summed E-state index contributed by atoms with van der Waals surface area (Å²) in [7, 11) is 0. The second-order valence-corrected chi connectivity index (χ2v) is 7.24. The maximum atomic E-state index is 13.1. The number of rotatable bonds is 8. The normalized spacial score (nSPS) is 18.0. The number of hydrogen-bond acceptors (Lipinski definition) is 2. The zero-order valence-electron chi connectivity index (χ0n) is 15.9. The summed E-state index contributed by atoms with van der Waals surface area (Å²) in [6, 6.07) is 20.4. The van der Waals surface area contributed by atoms with E-state index in [1.54, 1.807) is 0 Å². The van der Waals surface area contributed by atoms with Crippen molar-refractivity contribution in [1.29, 1.82) is 0 Å².